The van der Waals surface area contributed by atoms with Gasteiger partial charge in [-0.3, -0.25) is 4.99 Å². The smallest absolute Gasteiger partial charge is 0.129 e. The Labute approximate surface area is 149 Å². The molecule has 128 valence electrons. The Morgan fingerprint density at radius 2 is 1.76 bits per heavy atom. The predicted molar refractivity (Wildman–Crippen MR) is 101 cm³/mol. The van der Waals surface area contributed by atoms with Crippen LogP contribution >= 0.6 is 0 Å². The van der Waals surface area contributed by atoms with Crippen molar-refractivity contribution >= 4 is 6.21 Å². The van der Waals surface area contributed by atoms with Crippen molar-refractivity contribution in [2.24, 2.45) is 4.99 Å². The molecule has 0 unspecified atom stereocenters. The molecule has 3 rings (SSSR count). The van der Waals surface area contributed by atoms with Crippen LogP contribution in [0.5, 0.6) is 5.75 Å². The van der Waals surface area contributed by atoms with Gasteiger partial charge in [-0.25, -0.2) is 0 Å². The molecule has 1 aromatic heterocycles. The summed E-state index contributed by atoms with van der Waals surface area (Å²) in [4.78, 5) is 4.39. The van der Waals surface area contributed by atoms with Gasteiger partial charge in [0, 0.05) is 6.21 Å². The number of hydrogen-bond donors (Lipinski definition) is 0. The Kier molecular flexibility index (Phi) is 5.03. The first-order chi connectivity index (χ1) is 12.0. The lowest BCUT2D eigenvalue weighted by molar-refractivity contribution is 0.108. The number of hydrogen-bond acceptors (Lipinski definition) is 3. The Morgan fingerprint density at radius 1 is 1.00 bits per heavy atom. The molecular weight excluding hydrogens is 310 g/mol. The van der Waals surface area contributed by atoms with Gasteiger partial charge in [0.25, 0.3) is 0 Å². The molecule has 0 saturated carbocycles. The number of benzene rings is 2. The molecule has 0 spiro atoms. The number of furan rings is 1. The summed E-state index contributed by atoms with van der Waals surface area (Å²) >= 11 is 0. The van der Waals surface area contributed by atoms with Gasteiger partial charge in [-0.15, -0.1) is 0 Å². The van der Waals surface area contributed by atoms with Gasteiger partial charge >= 0.3 is 0 Å². The molecule has 0 aliphatic rings. The number of nitrogens with zero attached hydrogens (tertiary/aromatic N) is 1. The lowest BCUT2D eigenvalue weighted by atomic mass is 9.93. The van der Waals surface area contributed by atoms with Crippen LogP contribution in [0.4, 0.5) is 0 Å². The zero-order valence-electron chi connectivity index (χ0n) is 14.9. The summed E-state index contributed by atoms with van der Waals surface area (Å²) in [7, 11) is 0. The molecule has 2 aromatic carbocycles. The summed E-state index contributed by atoms with van der Waals surface area (Å²) in [5.41, 5.74) is 3.07. The minimum absolute atomic E-state index is 0.389. The van der Waals surface area contributed by atoms with Crippen molar-refractivity contribution in [3.8, 4) is 5.75 Å². The lowest BCUT2D eigenvalue weighted by Gasteiger charge is -2.28. The number of aliphatic imine (C=N–C) groups is 1. The van der Waals surface area contributed by atoms with Gasteiger partial charge in [0.05, 0.1) is 12.8 Å². The van der Waals surface area contributed by atoms with Crippen LogP contribution in [-0.2, 0) is 12.1 Å². The second-order valence-electron chi connectivity index (χ2n) is 6.55. The van der Waals surface area contributed by atoms with Crippen molar-refractivity contribution in [3.05, 3.63) is 89.4 Å². The second kappa shape index (κ2) is 7.39. The predicted octanol–water partition coefficient (Wildman–Crippen LogP) is 5.52. The molecular formula is C22H23NO2. The third kappa shape index (κ3) is 4.38. The van der Waals surface area contributed by atoms with E-state index in [0.29, 0.717) is 6.54 Å². The average molecular weight is 333 g/mol. The van der Waals surface area contributed by atoms with Crippen LogP contribution < -0.4 is 4.74 Å². The molecule has 0 aliphatic carbocycles. The lowest BCUT2D eigenvalue weighted by Crippen LogP contribution is -2.26. The highest BCUT2D eigenvalue weighted by atomic mass is 16.5. The third-order valence-corrected chi connectivity index (χ3v) is 4.11. The molecule has 3 aromatic rings. The van der Waals surface area contributed by atoms with E-state index < -0.39 is 0 Å². The Morgan fingerprint density at radius 3 is 2.44 bits per heavy atom. The van der Waals surface area contributed by atoms with Crippen LogP contribution in [0.1, 0.15) is 36.3 Å². The fourth-order valence-corrected chi connectivity index (χ4v) is 2.86. The molecule has 0 aliphatic heterocycles. The van der Waals surface area contributed by atoms with Gasteiger partial charge in [-0.1, -0.05) is 24.3 Å². The maximum absolute atomic E-state index is 6.23. The van der Waals surface area contributed by atoms with Crippen LogP contribution in [0.15, 0.2) is 76.3 Å². The third-order valence-electron chi connectivity index (χ3n) is 4.11. The SMILES string of the molecule is Cc1ccccc1C(C)(C)Oc1ccc(C=NCc2ccco2)cc1. The highest BCUT2D eigenvalue weighted by Gasteiger charge is 2.24. The molecule has 0 N–H and O–H groups in total. The minimum atomic E-state index is -0.389. The van der Waals surface area contributed by atoms with E-state index in [-0.39, 0.29) is 5.60 Å². The van der Waals surface area contributed by atoms with E-state index in [9.17, 15) is 0 Å². The molecule has 1 heterocycles. The van der Waals surface area contributed by atoms with E-state index in [4.69, 9.17) is 9.15 Å². The zero-order chi connectivity index (χ0) is 17.7. The van der Waals surface area contributed by atoms with Gasteiger partial charge in [-0.05, 0) is 73.9 Å². The van der Waals surface area contributed by atoms with Crippen molar-refractivity contribution in [2.45, 2.75) is 32.9 Å². The molecule has 25 heavy (non-hydrogen) atoms. The highest BCUT2D eigenvalue weighted by molar-refractivity contribution is 5.79. The maximum atomic E-state index is 6.23. The van der Waals surface area contributed by atoms with Crippen LogP contribution in [0.2, 0.25) is 0 Å². The van der Waals surface area contributed by atoms with Crippen molar-refractivity contribution in [1.29, 1.82) is 0 Å². The fourth-order valence-electron chi connectivity index (χ4n) is 2.86. The fraction of sp³-hybridized carbons (Fsp3) is 0.227. The number of aryl methyl sites for hydroxylation is 1. The summed E-state index contributed by atoms with van der Waals surface area (Å²) in [5, 5.41) is 0. The first kappa shape index (κ1) is 17.0. The van der Waals surface area contributed by atoms with Gasteiger partial charge in [0.15, 0.2) is 0 Å². The van der Waals surface area contributed by atoms with Crippen LogP contribution in [0.25, 0.3) is 0 Å². The standard InChI is InChI=1S/C22H23NO2/c1-17-7-4-5-9-21(17)22(2,3)25-19-12-10-18(11-13-19)15-23-16-20-8-6-14-24-20/h4-15H,16H2,1-3H3. The monoisotopic (exact) mass is 333 g/mol. The topological polar surface area (TPSA) is 34.7 Å². The first-order valence-corrected chi connectivity index (χ1v) is 8.42. The Bertz CT molecular complexity index is 831. The Balaban J connectivity index is 1.66. The first-order valence-electron chi connectivity index (χ1n) is 8.42. The molecule has 3 nitrogen and oxygen atoms in total. The van der Waals surface area contributed by atoms with E-state index in [0.717, 1.165) is 17.1 Å². The van der Waals surface area contributed by atoms with E-state index in [1.807, 2.05) is 54.7 Å². The normalized spacial score (nSPS) is 11.8. The largest absolute Gasteiger partial charge is 0.483 e. The van der Waals surface area contributed by atoms with Gasteiger partial charge in [-0.2, -0.15) is 0 Å². The molecule has 0 radical (unpaired) electrons. The maximum Gasteiger partial charge on any atom is 0.129 e. The van der Waals surface area contributed by atoms with Gasteiger partial charge in [0.1, 0.15) is 17.1 Å². The van der Waals surface area contributed by atoms with E-state index >= 15 is 0 Å². The van der Waals surface area contributed by atoms with E-state index in [2.05, 4.69) is 37.9 Å². The van der Waals surface area contributed by atoms with Crippen LogP contribution in [-0.4, -0.2) is 6.21 Å². The molecule has 0 saturated heterocycles. The zero-order valence-corrected chi connectivity index (χ0v) is 14.9. The van der Waals surface area contributed by atoms with Crippen LogP contribution in [0.3, 0.4) is 0 Å². The van der Waals surface area contributed by atoms with Crippen molar-refractivity contribution in [1.82, 2.24) is 0 Å². The molecule has 0 fully saturated rings. The molecule has 3 heteroatoms. The summed E-state index contributed by atoms with van der Waals surface area (Å²) in [6, 6.07) is 20.1. The minimum Gasteiger partial charge on any atom is -0.483 e. The summed E-state index contributed by atoms with van der Waals surface area (Å²) in [6.07, 6.45) is 3.51. The summed E-state index contributed by atoms with van der Waals surface area (Å²) in [5.74, 6) is 1.70. The second-order valence-corrected chi connectivity index (χ2v) is 6.55. The van der Waals surface area contributed by atoms with E-state index in [1.54, 1.807) is 6.26 Å². The van der Waals surface area contributed by atoms with Crippen molar-refractivity contribution < 1.29 is 9.15 Å². The van der Waals surface area contributed by atoms with Gasteiger partial charge < -0.3 is 9.15 Å². The van der Waals surface area contributed by atoms with Crippen molar-refractivity contribution in [3.63, 3.8) is 0 Å². The van der Waals surface area contributed by atoms with Crippen molar-refractivity contribution in [2.75, 3.05) is 0 Å². The highest BCUT2D eigenvalue weighted by Crippen LogP contribution is 2.29. The molecule has 0 amide bonds. The summed E-state index contributed by atoms with van der Waals surface area (Å²) < 4.78 is 11.5. The quantitative estimate of drug-likeness (QED) is 0.557. The van der Waals surface area contributed by atoms with Crippen LogP contribution in [0, 0.1) is 6.92 Å². The van der Waals surface area contributed by atoms with Gasteiger partial charge in [0.2, 0.25) is 0 Å². The van der Waals surface area contributed by atoms with E-state index in [1.165, 1.54) is 11.1 Å². The molecule has 0 atom stereocenters. The average Bonchev–Trinajstić information content (AvgIpc) is 3.10. The molecule has 0 bridgehead atoms. The number of rotatable bonds is 6. The Hall–Kier alpha value is -2.81. The number of ether oxygens (including phenoxy) is 1. The summed E-state index contributed by atoms with van der Waals surface area (Å²) in [6.45, 7) is 6.84.